The molecule has 1 saturated heterocycles. The molecule has 6 nitrogen and oxygen atoms in total. The standard InChI is InChI=1S/C16H28N2O4/c1-4-9-17(10-5-2)13(19)6-7-14(20)18-11-8-16(3,12-18)15(21)22/h4-12H2,1-3H3,(H,21,22). The van der Waals surface area contributed by atoms with E-state index in [1.807, 2.05) is 13.8 Å². The van der Waals surface area contributed by atoms with Crippen molar-refractivity contribution in [2.75, 3.05) is 26.2 Å². The largest absolute Gasteiger partial charge is 0.481 e. The lowest BCUT2D eigenvalue weighted by Crippen LogP contribution is -2.36. The van der Waals surface area contributed by atoms with Crippen molar-refractivity contribution < 1.29 is 19.5 Å². The van der Waals surface area contributed by atoms with Gasteiger partial charge < -0.3 is 14.9 Å². The maximum absolute atomic E-state index is 12.2. The molecule has 2 amide bonds. The second kappa shape index (κ2) is 8.15. The number of carbonyl (C=O) groups is 3. The first-order chi connectivity index (χ1) is 10.3. The van der Waals surface area contributed by atoms with Crippen molar-refractivity contribution >= 4 is 17.8 Å². The highest BCUT2D eigenvalue weighted by Gasteiger charge is 2.41. The van der Waals surface area contributed by atoms with Crippen molar-refractivity contribution in [3.63, 3.8) is 0 Å². The first-order valence-electron chi connectivity index (χ1n) is 8.13. The van der Waals surface area contributed by atoms with E-state index in [2.05, 4.69) is 0 Å². The lowest BCUT2D eigenvalue weighted by Gasteiger charge is -2.23. The molecule has 1 N–H and O–H groups in total. The molecule has 0 aromatic carbocycles. The molecule has 1 aliphatic rings. The summed E-state index contributed by atoms with van der Waals surface area (Å²) in [7, 11) is 0. The predicted molar refractivity (Wildman–Crippen MR) is 83.3 cm³/mol. The van der Waals surface area contributed by atoms with E-state index in [1.54, 1.807) is 16.7 Å². The second-order valence-electron chi connectivity index (χ2n) is 6.31. The summed E-state index contributed by atoms with van der Waals surface area (Å²) in [5.74, 6) is -0.973. The first-order valence-corrected chi connectivity index (χ1v) is 8.13. The molecule has 0 spiro atoms. The van der Waals surface area contributed by atoms with Crippen molar-refractivity contribution in [2.24, 2.45) is 5.41 Å². The molecule has 0 aliphatic carbocycles. The number of hydrogen-bond acceptors (Lipinski definition) is 3. The molecule has 1 unspecified atom stereocenters. The van der Waals surface area contributed by atoms with Gasteiger partial charge in [-0.05, 0) is 26.2 Å². The summed E-state index contributed by atoms with van der Waals surface area (Å²) in [6.45, 7) is 7.86. The van der Waals surface area contributed by atoms with Gasteiger partial charge in [0, 0.05) is 39.0 Å². The molecule has 0 saturated carbocycles. The summed E-state index contributed by atoms with van der Waals surface area (Å²) in [5.41, 5.74) is -0.851. The molecule has 1 rings (SSSR count). The van der Waals surface area contributed by atoms with Crippen LogP contribution in [-0.2, 0) is 14.4 Å². The Bertz CT molecular complexity index is 418. The number of nitrogens with zero attached hydrogens (tertiary/aromatic N) is 2. The molecule has 1 fully saturated rings. The lowest BCUT2D eigenvalue weighted by molar-refractivity contribution is -0.147. The summed E-state index contributed by atoms with van der Waals surface area (Å²) in [5, 5.41) is 9.18. The van der Waals surface area contributed by atoms with Crippen LogP contribution in [0.15, 0.2) is 0 Å². The Morgan fingerprint density at radius 1 is 1.14 bits per heavy atom. The summed E-state index contributed by atoms with van der Waals surface area (Å²) >= 11 is 0. The highest BCUT2D eigenvalue weighted by atomic mass is 16.4. The fourth-order valence-corrected chi connectivity index (χ4v) is 2.78. The van der Waals surface area contributed by atoms with Crippen LogP contribution in [0.25, 0.3) is 0 Å². The quantitative estimate of drug-likeness (QED) is 0.740. The minimum atomic E-state index is -0.865. The number of likely N-dealkylation sites (tertiary alicyclic amines) is 1. The third-order valence-electron chi connectivity index (χ3n) is 4.23. The van der Waals surface area contributed by atoms with Gasteiger partial charge in [0.1, 0.15) is 0 Å². The normalized spacial score (nSPS) is 21.0. The van der Waals surface area contributed by atoms with E-state index in [4.69, 9.17) is 0 Å². The minimum Gasteiger partial charge on any atom is -0.481 e. The first kappa shape index (κ1) is 18.5. The molecule has 126 valence electrons. The highest BCUT2D eigenvalue weighted by molar-refractivity contribution is 5.85. The van der Waals surface area contributed by atoms with Crippen molar-refractivity contribution in [3.8, 4) is 0 Å². The molecule has 6 heteroatoms. The fourth-order valence-electron chi connectivity index (χ4n) is 2.78. The van der Waals surface area contributed by atoms with Gasteiger partial charge in [-0.2, -0.15) is 0 Å². The van der Waals surface area contributed by atoms with Gasteiger partial charge >= 0.3 is 5.97 Å². The summed E-state index contributed by atoms with van der Waals surface area (Å²) in [6, 6.07) is 0. The Morgan fingerprint density at radius 2 is 1.73 bits per heavy atom. The van der Waals surface area contributed by atoms with Gasteiger partial charge in [-0.15, -0.1) is 0 Å². The monoisotopic (exact) mass is 312 g/mol. The van der Waals surface area contributed by atoms with Crippen LogP contribution in [0, 0.1) is 5.41 Å². The molecular weight excluding hydrogens is 284 g/mol. The Labute approximate surface area is 132 Å². The van der Waals surface area contributed by atoms with Gasteiger partial charge in [0.2, 0.25) is 11.8 Å². The van der Waals surface area contributed by atoms with Crippen molar-refractivity contribution in [2.45, 2.75) is 52.9 Å². The van der Waals surface area contributed by atoms with Gasteiger partial charge in [0.25, 0.3) is 0 Å². The number of hydrogen-bond donors (Lipinski definition) is 1. The fraction of sp³-hybridized carbons (Fsp3) is 0.812. The van der Waals surface area contributed by atoms with E-state index in [0.717, 1.165) is 25.9 Å². The third-order valence-corrected chi connectivity index (χ3v) is 4.23. The van der Waals surface area contributed by atoms with Crippen LogP contribution >= 0.6 is 0 Å². The average molecular weight is 312 g/mol. The summed E-state index contributed by atoms with van der Waals surface area (Å²) in [6.07, 6.45) is 2.66. The van der Waals surface area contributed by atoms with E-state index < -0.39 is 11.4 Å². The summed E-state index contributed by atoms with van der Waals surface area (Å²) in [4.78, 5) is 38.9. The summed E-state index contributed by atoms with van der Waals surface area (Å²) < 4.78 is 0. The van der Waals surface area contributed by atoms with Crippen LogP contribution < -0.4 is 0 Å². The van der Waals surface area contributed by atoms with Crippen LogP contribution in [0.5, 0.6) is 0 Å². The Balaban J connectivity index is 2.46. The SMILES string of the molecule is CCCN(CCC)C(=O)CCC(=O)N1CCC(C)(C(=O)O)C1. The van der Waals surface area contributed by atoms with Crippen LogP contribution in [-0.4, -0.2) is 58.9 Å². The molecule has 1 heterocycles. The van der Waals surface area contributed by atoms with Gasteiger partial charge in [-0.1, -0.05) is 13.8 Å². The van der Waals surface area contributed by atoms with Crippen LogP contribution in [0.3, 0.4) is 0 Å². The molecular formula is C16H28N2O4. The highest BCUT2D eigenvalue weighted by Crippen LogP contribution is 2.30. The number of carboxylic acid groups (broad SMARTS) is 1. The van der Waals surface area contributed by atoms with Crippen molar-refractivity contribution in [3.05, 3.63) is 0 Å². The lowest BCUT2D eigenvalue weighted by atomic mass is 9.90. The smallest absolute Gasteiger partial charge is 0.311 e. The van der Waals surface area contributed by atoms with Crippen LogP contribution in [0.2, 0.25) is 0 Å². The van der Waals surface area contributed by atoms with E-state index in [1.165, 1.54) is 0 Å². The Hall–Kier alpha value is -1.59. The predicted octanol–water partition coefficient (Wildman–Crippen LogP) is 1.74. The van der Waals surface area contributed by atoms with E-state index in [-0.39, 0.29) is 31.2 Å². The molecule has 0 bridgehead atoms. The average Bonchev–Trinajstić information content (AvgIpc) is 2.88. The van der Waals surface area contributed by atoms with Crippen LogP contribution in [0.4, 0.5) is 0 Å². The van der Waals surface area contributed by atoms with Gasteiger partial charge in [-0.3, -0.25) is 14.4 Å². The zero-order valence-electron chi connectivity index (χ0n) is 13.9. The second-order valence-corrected chi connectivity index (χ2v) is 6.31. The Morgan fingerprint density at radius 3 is 2.18 bits per heavy atom. The van der Waals surface area contributed by atoms with E-state index >= 15 is 0 Å². The van der Waals surface area contributed by atoms with Crippen molar-refractivity contribution in [1.82, 2.24) is 9.80 Å². The molecule has 0 radical (unpaired) electrons. The van der Waals surface area contributed by atoms with Crippen molar-refractivity contribution in [1.29, 1.82) is 0 Å². The zero-order valence-corrected chi connectivity index (χ0v) is 13.9. The van der Waals surface area contributed by atoms with Crippen LogP contribution in [0.1, 0.15) is 52.9 Å². The number of aliphatic carboxylic acids is 1. The molecule has 1 atom stereocenters. The minimum absolute atomic E-state index is 0.0113. The maximum Gasteiger partial charge on any atom is 0.311 e. The maximum atomic E-state index is 12.2. The van der Waals surface area contributed by atoms with Gasteiger partial charge in [0.15, 0.2) is 0 Å². The molecule has 22 heavy (non-hydrogen) atoms. The number of carboxylic acids is 1. The molecule has 0 aromatic rings. The topological polar surface area (TPSA) is 77.9 Å². The van der Waals surface area contributed by atoms with Gasteiger partial charge in [0.05, 0.1) is 5.41 Å². The van der Waals surface area contributed by atoms with E-state index in [9.17, 15) is 19.5 Å². The van der Waals surface area contributed by atoms with E-state index in [0.29, 0.717) is 13.0 Å². The zero-order chi connectivity index (χ0) is 16.8. The molecule has 0 aromatic heterocycles. The number of rotatable bonds is 8. The Kier molecular flexibility index (Phi) is 6.84. The van der Waals surface area contributed by atoms with Gasteiger partial charge in [-0.25, -0.2) is 0 Å². The third kappa shape index (κ3) is 4.71. The number of carbonyl (C=O) groups excluding carboxylic acids is 2. The number of amides is 2. The molecule has 1 aliphatic heterocycles.